The van der Waals surface area contributed by atoms with Crippen molar-refractivity contribution >= 4 is 11.6 Å². The second-order valence-corrected chi connectivity index (χ2v) is 12.6. The molecule has 3 aliphatic rings. The lowest BCUT2D eigenvalue weighted by Gasteiger charge is -2.22. The number of hydrogen-bond acceptors (Lipinski definition) is 3. The Morgan fingerprint density at radius 2 is 1.31 bits per heavy atom. The van der Waals surface area contributed by atoms with Crippen LogP contribution in [-0.2, 0) is 4.74 Å². The lowest BCUT2D eigenvalue weighted by Crippen LogP contribution is -2.16. The first-order valence-corrected chi connectivity index (χ1v) is 18.5. The molecule has 4 heteroatoms. The molecule has 1 unspecified atom stereocenters. The van der Waals surface area contributed by atoms with Crippen molar-refractivity contribution < 1.29 is 4.74 Å². The monoisotopic (exact) mass is 617 g/mol. The first-order chi connectivity index (χ1) is 20.1. The van der Waals surface area contributed by atoms with Crippen molar-refractivity contribution in [3.63, 3.8) is 0 Å². The maximum Gasteiger partial charge on any atom is 0.0592 e. The van der Waals surface area contributed by atoms with E-state index < -0.39 is 0 Å². The number of allylic oxidation sites excluding steroid dienone is 4. The third-order valence-corrected chi connectivity index (χ3v) is 7.79. The van der Waals surface area contributed by atoms with Crippen LogP contribution in [0, 0.1) is 17.8 Å². The molecule has 0 aromatic carbocycles. The summed E-state index contributed by atoms with van der Waals surface area (Å²) in [5, 5.41) is 4.03. The van der Waals surface area contributed by atoms with Crippen molar-refractivity contribution in [2.45, 2.75) is 179 Å². The zero-order valence-electron chi connectivity index (χ0n) is 31.1. The molecule has 0 aliphatic heterocycles. The Balaban J connectivity index is -0.000000209. The zero-order chi connectivity index (χ0) is 33.0. The highest BCUT2D eigenvalue weighted by Gasteiger charge is 2.13. The van der Waals surface area contributed by atoms with E-state index in [2.05, 4.69) is 67.6 Å². The van der Waals surface area contributed by atoms with Gasteiger partial charge in [-0.1, -0.05) is 163 Å². The van der Waals surface area contributed by atoms with Crippen LogP contribution in [0.1, 0.15) is 179 Å². The Bertz CT molecular complexity index is 526. The molecule has 3 nitrogen and oxygen atoms in total. The Labute approximate surface area is 272 Å². The topological polar surface area (TPSA) is 47.3 Å². The van der Waals surface area contributed by atoms with Crippen molar-refractivity contribution in [3.8, 4) is 0 Å². The largest absolute Gasteiger partial charge is 0.401 e. The molecule has 0 amide bonds. The molecule has 256 valence electrons. The summed E-state index contributed by atoms with van der Waals surface area (Å²) < 4.78 is 4.69. The molecule has 3 N–H and O–H groups in total. The summed E-state index contributed by atoms with van der Waals surface area (Å²) in [4.78, 5) is 0. The number of halogens is 1. The summed E-state index contributed by atoms with van der Waals surface area (Å²) in [6.45, 7) is 27.0. The maximum absolute atomic E-state index is 5.74. The molecule has 0 aromatic rings. The second-order valence-electron chi connectivity index (χ2n) is 12.2. The van der Waals surface area contributed by atoms with Gasteiger partial charge in [-0.3, -0.25) is 0 Å². The molecule has 42 heavy (non-hydrogen) atoms. The number of hydrogen-bond donors (Lipinski definition) is 2. The van der Waals surface area contributed by atoms with Gasteiger partial charge in [0.15, 0.2) is 0 Å². The fourth-order valence-corrected chi connectivity index (χ4v) is 4.53. The molecule has 0 heterocycles. The number of methoxy groups -OCH3 is 1. The van der Waals surface area contributed by atoms with Crippen molar-refractivity contribution in [2.75, 3.05) is 26.8 Å². The van der Waals surface area contributed by atoms with Gasteiger partial charge in [0, 0.05) is 19.4 Å². The van der Waals surface area contributed by atoms with Crippen molar-refractivity contribution in [1.82, 2.24) is 5.32 Å². The predicted octanol–water partition coefficient (Wildman–Crippen LogP) is 12.8. The van der Waals surface area contributed by atoms with Gasteiger partial charge in [-0.15, -0.1) is 0 Å². The smallest absolute Gasteiger partial charge is 0.0592 e. The van der Waals surface area contributed by atoms with Gasteiger partial charge in [-0.25, -0.2) is 0 Å². The quantitative estimate of drug-likeness (QED) is 0.280. The summed E-state index contributed by atoms with van der Waals surface area (Å²) in [5.41, 5.74) is 7.68. The highest BCUT2D eigenvalue weighted by Crippen LogP contribution is 2.27. The van der Waals surface area contributed by atoms with Crippen LogP contribution in [0.25, 0.3) is 0 Å². The minimum atomic E-state index is 0.721. The van der Waals surface area contributed by atoms with Crippen LogP contribution < -0.4 is 11.1 Å². The van der Waals surface area contributed by atoms with E-state index in [0.717, 1.165) is 60.9 Å². The SMILES string of the molecule is C1CCCCC1.CC.CC1=CC(Cl)=C(N)CC1.CC1CCC(C)CC1.CCC.CCCOC.CCNCCC(C)CC. The van der Waals surface area contributed by atoms with E-state index in [1.807, 2.05) is 19.9 Å². The van der Waals surface area contributed by atoms with Gasteiger partial charge in [0.1, 0.15) is 0 Å². The van der Waals surface area contributed by atoms with Crippen molar-refractivity contribution in [3.05, 3.63) is 22.4 Å². The van der Waals surface area contributed by atoms with Crippen LogP contribution in [0.3, 0.4) is 0 Å². The highest BCUT2D eigenvalue weighted by molar-refractivity contribution is 6.31. The molecule has 1 atom stereocenters. The maximum atomic E-state index is 5.74. The average molecular weight is 618 g/mol. The summed E-state index contributed by atoms with van der Waals surface area (Å²) in [6.07, 6.45) is 23.8. The average Bonchev–Trinajstić information content (AvgIpc) is 3.01. The van der Waals surface area contributed by atoms with E-state index >= 15 is 0 Å². The van der Waals surface area contributed by atoms with Crippen LogP contribution in [0.2, 0.25) is 0 Å². The minimum Gasteiger partial charge on any atom is -0.401 e. The fourth-order valence-electron chi connectivity index (χ4n) is 4.25. The molecule has 0 saturated heterocycles. The molecule has 0 radical (unpaired) electrons. The molecule has 2 saturated carbocycles. The van der Waals surface area contributed by atoms with Gasteiger partial charge in [-0.05, 0) is 69.5 Å². The van der Waals surface area contributed by atoms with E-state index in [1.54, 1.807) is 7.11 Å². The Morgan fingerprint density at radius 3 is 1.57 bits per heavy atom. The molecule has 0 bridgehead atoms. The zero-order valence-corrected chi connectivity index (χ0v) is 31.9. The Morgan fingerprint density at radius 1 is 0.881 bits per heavy atom. The first kappa shape index (κ1) is 48.4. The highest BCUT2D eigenvalue weighted by atomic mass is 35.5. The standard InChI is InChI=1S/C8H19N.C8H16.C7H10ClN.C6H12.C4H10O.C3H8.C2H6/c1-4-8(3)6-7-9-5-2;1-7-3-5-8(2)6-4-7;1-5-2-3-7(9)6(8)4-5;1-2-4-6-5-3-1;1-3-4-5-2;1-3-2;1-2/h8-9H,4-7H2,1-3H3;7-8H,3-6H2,1-2H3;4H,2-3,9H2,1H3;1-6H2;3-4H2,1-2H3;3H2,1-2H3;1-2H3. The van der Waals surface area contributed by atoms with Gasteiger partial charge in [0.25, 0.3) is 0 Å². The lowest BCUT2D eigenvalue weighted by molar-refractivity contribution is 0.199. The molecule has 0 spiro atoms. The predicted molar refractivity (Wildman–Crippen MR) is 197 cm³/mol. The number of ether oxygens (including phenoxy) is 1. The molecule has 3 aliphatic carbocycles. The van der Waals surface area contributed by atoms with E-state index in [4.69, 9.17) is 22.1 Å². The third-order valence-electron chi connectivity index (χ3n) is 7.44. The molecule has 3 rings (SSSR count). The molecular formula is C38H81ClN2O. The van der Waals surface area contributed by atoms with Crippen LogP contribution >= 0.6 is 11.6 Å². The van der Waals surface area contributed by atoms with Crippen LogP contribution in [0.4, 0.5) is 0 Å². The summed E-state index contributed by atoms with van der Waals surface area (Å²) >= 11 is 5.74. The second kappa shape index (κ2) is 40.5. The first-order valence-electron chi connectivity index (χ1n) is 18.1. The van der Waals surface area contributed by atoms with E-state index in [-0.39, 0.29) is 0 Å². The summed E-state index contributed by atoms with van der Waals surface area (Å²) in [5.74, 6) is 2.93. The molecular weight excluding hydrogens is 536 g/mol. The van der Waals surface area contributed by atoms with Gasteiger partial charge in [-0.2, -0.15) is 0 Å². The van der Waals surface area contributed by atoms with Crippen LogP contribution in [0.15, 0.2) is 22.4 Å². The van der Waals surface area contributed by atoms with Crippen LogP contribution in [0.5, 0.6) is 0 Å². The normalized spacial score (nSPS) is 19.8. The Hall–Kier alpha value is -0.510. The third kappa shape index (κ3) is 41.6. The van der Waals surface area contributed by atoms with Gasteiger partial charge < -0.3 is 15.8 Å². The van der Waals surface area contributed by atoms with Crippen molar-refractivity contribution in [2.24, 2.45) is 23.5 Å². The minimum absolute atomic E-state index is 0.721. The van der Waals surface area contributed by atoms with E-state index in [1.165, 1.54) is 95.6 Å². The van der Waals surface area contributed by atoms with Crippen LogP contribution in [-0.4, -0.2) is 26.8 Å². The van der Waals surface area contributed by atoms with Gasteiger partial charge in [0.05, 0.1) is 5.03 Å². The van der Waals surface area contributed by atoms with E-state index in [9.17, 15) is 0 Å². The van der Waals surface area contributed by atoms with Gasteiger partial charge in [0.2, 0.25) is 0 Å². The molecule has 2 fully saturated rings. The number of nitrogens with one attached hydrogen (secondary N) is 1. The van der Waals surface area contributed by atoms with Crippen molar-refractivity contribution in [1.29, 1.82) is 0 Å². The van der Waals surface area contributed by atoms with Gasteiger partial charge >= 0.3 is 0 Å². The lowest BCUT2D eigenvalue weighted by atomic mass is 9.84. The summed E-state index contributed by atoms with van der Waals surface area (Å²) in [6, 6.07) is 0. The molecule has 0 aromatic heterocycles. The number of nitrogens with two attached hydrogens (primary N) is 1. The van der Waals surface area contributed by atoms with E-state index in [0.29, 0.717) is 0 Å². The summed E-state index contributed by atoms with van der Waals surface area (Å²) in [7, 11) is 1.71. The fraction of sp³-hybridized carbons (Fsp3) is 0.895. The number of rotatable bonds is 7. The Kier molecular flexibility index (Phi) is 46.7.